The van der Waals surface area contributed by atoms with Crippen molar-refractivity contribution >= 4 is 23.5 Å². The molecule has 0 aromatic carbocycles. The van der Waals surface area contributed by atoms with E-state index in [4.69, 9.17) is 0 Å². The number of nitrogens with zero attached hydrogens (tertiary/aromatic N) is 2. The van der Waals surface area contributed by atoms with E-state index in [-0.39, 0.29) is 0 Å². The van der Waals surface area contributed by atoms with E-state index in [0.29, 0.717) is 29.2 Å². The Morgan fingerprint density at radius 2 is 2.44 bits per heavy atom. The SMILES string of the molecule is CC(C)C1CC(Nc2ccn(C)n2)(C(=O)O)CS1. The zero-order valence-electron chi connectivity index (χ0n) is 10.9. The monoisotopic (exact) mass is 269 g/mol. The Labute approximate surface area is 111 Å². The molecule has 0 bridgehead atoms. The molecule has 1 saturated heterocycles. The van der Waals surface area contributed by atoms with Gasteiger partial charge in [0.2, 0.25) is 0 Å². The molecule has 2 unspecified atom stereocenters. The molecule has 0 saturated carbocycles. The number of carboxylic acid groups (broad SMARTS) is 1. The van der Waals surface area contributed by atoms with Gasteiger partial charge in [-0.15, -0.1) is 0 Å². The average molecular weight is 269 g/mol. The molecule has 100 valence electrons. The molecule has 0 amide bonds. The van der Waals surface area contributed by atoms with Crippen molar-refractivity contribution < 1.29 is 9.90 Å². The second kappa shape index (κ2) is 4.84. The van der Waals surface area contributed by atoms with E-state index >= 15 is 0 Å². The molecule has 2 rings (SSSR count). The highest BCUT2D eigenvalue weighted by atomic mass is 32.2. The molecule has 0 aliphatic carbocycles. The van der Waals surface area contributed by atoms with Crippen LogP contribution in [0.3, 0.4) is 0 Å². The molecule has 1 aromatic heterocycles. The van der Waals surface area contributed by atoms with E-state index in [2.05, 4.69) is 24.3 Å². The molecule has 1 aliphatic heterocycles. The van der Waals surface area contributed by atoms with E-state index in [1.807, 2.05) is 7.05 Å². The number of hydrogen-bond acceptors (Lipinski definition) is 4. The van der Waals surface area contributed by atoms with Gasteiger partial charge in [0.15, 0.2) is 0 Å². The lowest BCUT2D eigenvalue weighted by Gasteiger charge is -2.25. The first-order chi connectivity index (χ1) is 8.43. The van der Waals surface area contributed by atoms with Crippen molar-refractivity contribution in [2.75, 3.05) is 11.1 Å². The maximum Gasteiger partial charge on any atom is 0.330 e. The first-order valence-electron chi connectivity index (χ1n) is 6.06. The van der Waals surface area contributed by atoms with Gasteiger partial charge in [-0.05, 0) is 12.3 Å². The van der Waals surface area contributed by atoms with Crippen LogP contribution in [0.5, 0.6) is 0 Å². The fraction of sp³-hybridized carbons (Fsp3) is 0.667. The molecule has 1 aliphatic rings. The van der Waals surface area contributed by atoms with Crippen LogP contribution in [0.15, 0.2) is 12.3 Å². The van der Waals surface area contributed by atoms with Crippen LogP contribution in [0.1, 0.15) is 20.3 Å². The Bertz CT molecular complexity index is 446. The third kappa shape index (κ3) is 2.48. The predicted molar refractivity (Wildman–Crippen MR) is 72.9 cm³/mol. The van der Waals surface area contributed by atoms with E-state index in [1.54, 1.807) is 28.7 Å². The van der Waals surface area contributed by atoms with Gasteiger partial charge in [-0.2, -0.15) is 16.9 Å². The lowest BCUT2D eigenvalue weighted by molar-refractivity contribution is -0.141. The maximum atomic E-state index is 11.6. The summed E-state index contributed by atoms with van der Waals surface area (Å²) in [6.07, 6.45) is 2.45. The van der Waals surface area contributed by atoms with Crippen LogP contribution in [0, 0.1) is 5.92 Å². The summed E-state index contributed by atoms with van der Waals surface area (Å²) in [5, 5.41) is 17.2. The Kier molecular flexibility index (Phi) is 3.56. The van der Waals surface area contributed by atoms with Crippen LogP contribution in [-0.2, 0) is 11.8 Å². The standard InChI is InChI=1S/C12H19N3O2S/c1-8(2)9-6-12(7-18-9,11(16)17)13-10-4-5-15(3)14-10/h4-5,8-9H,6-7H2,1-3H3,(H,13,14)(H,16,17). The van der Waals surface area contributed by atoms with Gasteiger partial charge >= 0.3 is 5.97 Å². The first-order valence-corrected chi connectivity index (χ1v) is 7.11. The molecular formula is C12H19N3O2S. The lowest BCUT2D eigenvalue weighted by atomic mass is 9.92. The van der Waals surface area contributed by atoms with Gasteiger partial charge in [-0.3, -0.25) is 4.68 Å². The summed E-state index contributed by atoms with van der Waals surface area (Å²) in [5.41, 5.74) is -0.881. The largest absolute Gasteiger partial charge is 0.479 e. The molecule has 1 fully saturated rings. The van der Waals surface area contributed by atoms with Gasteiger partial charge in [0.1, 0.15) is 11.4 Å². The maximum absolute atomic E-state index is 11.6. The van der Waals surface area contributed by atoms with Crippen molar-refractivity contribution in [2.24, 2.45) is 13.0 Å². The fourth-order valence-electron chi connectivity index (χ4n) is 2.16. The highest BCUT2D eigenvalue weighted by Gasteiger charge is 2.47. The topological polar surface area (TPSA) is 67.2 Å². The summed E-state index contributed by atoms with van der Waals surface area (Å²) < 4.78 is 1.67. The number of hydrogen-bond donors (Lipinski definition) is 2. The van der Waals surface area contributed by atoms with Gasteiger partial charge in [0, 0.05) is 30.3 Å². The number of carboxylic acids is 1. The lowest BCUT2D eigenvalue weighted by Crippen LogP contribution is -2.47. The first kappa shape index (κ1) is 13.3. The second-order valence-electron chi connectivity index (χ2n) is 5.18. The highest BCUT2D eigenvalue weighted by Crippen LogP contribution is 2.40. The minimum Gasteiger partial charge on any atom is -0.479 e. The number of aromatic nitrogens is 2. The van der Waals surface area contributed by atoms with Gasteiger partial charge in [0.05, 0.1) is 0 Å². The second-order valence-corrected chi connectivity index (χ2v) is 6.41. The van der Waals surface area contributed by atoms with Gasteiger partial charge in [-0.1, -0.05) is 13.8 Å². The zero-order chi connectivity index (χ0) is 13.3. The summed E-state index contributed by atoms with van der Waals surface area (Å²) in [4.78, 5) is 11.6. The minimum atomic E-state index is -0.881. The number of carbonyl (C=O) groups is 1. The number of anilines is 1. The molecule has 0 spiro atoms. The number of aliphatic carboxylic acids is 1. The molecular weight excluding hydrogens is 250 g/mol. The van der Waals surface area contributed by atoms with E-state index in [0.717, 1.165) is 0 Å². The Balaban J connectivity index is 2.16. The van der Waals surface area contributed by atoms with Gasteiger partial charge in [0.25, 0.3) is 0 Å². The van der Waals surface area contributed by atoms with Crippen LogP contribution in [-0.4, -0.2) is 37.4 Å². The van der Waals surface area contributed by atoms with Crippen molar-refractivity contribution in [1.82, 2.24) is 9.78 Å². The van der Waals surface area contributed by atoms with Gasteiger partial charge < -0.3 is 10.4 Å². The van der Waals surface area contributed by atoms with Crippen LogP contribution in [0.2, 0.25) is 0 Å². The van der Waals surface area contributed by atoms with Crippen molar-refractivity contribution in [3.8, 4) is 0 Å². The van der Waals surface area contributed by atoms with Crippen molar-refractivity contribution in [3.63, 3.8) is 0 Å². The van der Waals surface area contributed by atoms with E-state index in [1.165, 1.54) is 0 Å². The summed E-state index contributed by atoms with van der Waals surface area (Å²) in [6, 6.07) is 1.80. The summed E-state index contributed by atoms with van der Waals surface area (Å²) in [7, 11) is 1.82. The Morgan fingerprint density at radius 3 is 2.89 bits per heavy atom. The molecule has 2 heterocycles. The Morgan fingerprint density at radius 1 is 1.72 bits per heavy atom. The van der Waals surface area contributed by atoms with Crippen LogP contribution >= 0.6 is 11.8 Å². The molecule has 18 heavy (non-hydrogen) atoms. The fourth-order valence-corrected chi connectivity index (χ4v) is 3.75. The van der Waals surface area contributed by atoms with Crippen molar-refractivity contribution in [2.45, 2.75) is 31.1 Å². The van der Waals surface area contributed by atoms with Gasteiger partial charge in [-0.25, -0.2) is 4.79 Å². The summed E-state index contributed by atoms with van der Waals surface area (Å²) >= 11 is 1.73. The number of nitrogens with one attached hydrogen (secondary N) is 1. The molecule has 5 nitrogen and oxygen atoms in total. The molecule has 2 atom stereocenters. The molecule has 6 heteroatoms. The number of aryl methyl sites for hydroxylation is 1. The predicted octanol–water partition coefficient (Wildman–Crippen LogP) is 1.82. The highest BCUT2D eigenvalue weighted by molar-refractivity contribution is 8.00. The normalized spacial score (nSPS) is 27.7. The van der Waals surface area contributed by atoms with E-state index in [9.17, 15) is 9.90 Å². The third-order valence-electron chi connectivity index (χ3n) is 3.33. The summed E-state index contributed by atoms with van der Waals surface area (Å²) in [5.74, 6) is 0.914. The number of rotatable bonds is 4. The Hall–Kier alpha value is -1.17. The van der Waals surface area contributed by atoms with Crippen molar-refractivity contribution in [1.29, 1.82) is 0 Å². The zero-order valence-corrected chi connectivity index (χ0v) is 11.7. The molecule has 1 aromatic rings. The molecule has 0 radical (unpaired) electrons. The minimum absolute atomic E-state index is 0.386. The quantitative estimate of drug-likeness (QED) is 0.872. The average Bonchev–Trinajstić information content (AvgIpc) is 2.87. The smallest absolute Gasteiger partial charge is 0.330 e. The third-order valence-corrected chi connectivity index (χ3v) is 5.13. The van der Waals surface area contributed by atoms with E-state index < -0.39 is 11.5 Å². The molecule has 2 N–H and O–H groups in total. The van der Waals surface area contributed by atoms with Crippen molar-refractivity contribution in [3.05, 3.63) is 12.3 Å². The summed E-state index contributed by atoms with van der Waals surface area (Å²) in [6.45, 7) is 4.27. The number of thioether (sulfide) groups is 1. The van der Waals surface area contributed by atoms with Crippen LogP contribution in [0.25, 0.3) is 0 Å². The van der Waals surface area contributed by atoms with Crippen LogP contribution in [0.4, 0.5) is 5.82 Å². The van der Waals surface area contributed by atoms with Crippen LogP contribution < -0.4 is 5.32 Å².